The molecule has 1 aromatic carbocycles. The van der Waals surface area contributed by atoms with Gasteiger partial charge in [0, 0.05) is 16.1 Å². The van der Waals surface area contributed by atoms with E-state index >= 15 is 0 Å². The smallest absolute Gasteiger partial charge is 0.0406 e. The molecule has 0 spiro atoms. The minimum Gasteiger partial charge on any atom is -0.157 e. The molecule has 1 aromatic rings. The van der Waals surface area contributed by atoms with Crippen molar-refractivity contribution in [1.29, 1.82) is 0 Å². The molecule has 0 heterocycles. The molecule has 3 heteroatoms. The van der Waals surface area contributed by atoms with Crippen LogP contribution in [0.25, 0.3) is 0 Å². The number of hydrogen-bond acceptors (Lipinski definition) is 1. The molecule has 0 radical (unpaired) electrons. The van der Waals surface area contributed by atoms with Crippen molar-refractivity contribution in [3.8, 4) is 0 Å². The zero-order valence-corrected chi connectivity index (χ0v) is 10.5. The molecule has 0 atom stereocenters. The quantitative estimate of drug-likeness (QED) is 0.570. The molecule has 0 fully saturated rings. The predicted molar refractivity (Wildman–Crippen MR) is 66.0 cm³/mol. The van der Waals surface area contributed by atoms with E-state index < -0.39 is 0 Å². The van der Waals surface area contributed by atoms with Crippen LogP contribution in [0.15, 0.2) is 24.3 Å². The van der Waals surface area contributed by atoms with E-state index in [1.54, 1.807) is 0 Å². The van der Waals surface area contributed by atoms with E-state index in [0.29, 0.717) is 0 Å². The molecule has 0 amide bonds. The van der Waals surface area contributed by atoms with Gasteiger partial charge in [-0.1, -0.05) is 39.7 Å². The monoisotopic (exact) mass is 278 g/mol. The van der Waals surface area contributed by atoms with E-state index in [4.69, 9.17) is 11.6 Å². The van der Waals surface area contributed by atoms with Crippen molar-refractivity contribution in [3.05, 3.63) is 34.9 Å². The van der Waals surface area contributed by atoms with Gasteiger partial charge < -0.3 is 0 Å². The van der Waals surface area contributed by atoms with Crippen molar-refractivity contribution in [3.63, 3.8) is 0 Å². The summed E-state index contributed by atoms with van der Waals surface area (Å²) in [6.45, 7) is 0. The van der Waals surface area contributed by atoms with Crippen LogP contribution < -0.4 is 0 Å². The summed E-state index contributed by atoms with van der Waals surface area (Å²) in [5.41, 5.74) is 1.35. The summed E-state index contributed by atoms with van der Waals surface area (Å²) in [5, 5.41) is 1.91. The molecule has 0 aliphatic rings. The van der Waals surface area contributed by atoms with Gasteiger partial charge in [-0.05, 0) is 29.9 Å². The maximum absolute atomic E-state index is 5.78. The van der Waals surface area contributed by atoms with Crippen LogP contribution >= 0.6 is 39.3 Å². The Morgan fingerprint density at radius 2 is 1.92 bits per heavy atom. The summed E-state index contributed by atoms with van der Waals surface area (Å²) in [5.74, 6) is 2.30. The largest absolute Gasteiger partial charge is 0.157 e. The summed E-state index contributed by atoms with van der Waals surface area (Å²) >= 11 is 11.2. The van der Waals surface area contributed by atoms with Crippen molar-refractivity contribution < 1.29 is 0 Å². The maximum Gasteiger partial charge on any atom is 0.0406 e. The maximum atomic E-state index is 5.78. The highest BCUT2D eigenvalue weighted by Gasteiger charge is 1.93. The Labute approximate surface area is 97.2 Å². The molecule has 72 valence electrons. The van der Waals surface area contributed by atoms with Crippen molar-refractivity contribution in [1.82, 2.24) is 0 Å². The fourth-order valence-corrected chi connectivity index (χ4v) is 2.63. The van der Waals surface area contributed by atoms with Crippen LogP contribution in [0.1, 0.15) is 12.0 Å². The Morgan fingerprint density at radius 3 is 2.54 bits per heavy atom. The van der Waals surface area contributed by atoms with E-state index in [1.165, 1.54) is 17.7 Å². The Morgan fingerprint density at radius 1 is 1.23 bits per heavy atom. The van der Waals surface area contributed by atoms with E-state index in [0.717, 1.165) is 16.1 Å². The first-order valence-corrected chi connectivity index (χ1v) is 6.86. The molecule has 13 heavy (non-hydrogen) atoms. The van der Waals surface area contributed by atoms with E-state index in [1.807, 2.05) is 23.9 Å². The normalized spacial score (nSPS) is 10.3. The van der Waals surface area contributed by atoms with Crippen LogP contribution in [0.3, 0.4) is 0 Å². The average molecular weight is 280 g/mol. The van der Waals surface area contributed by atoms with Gasteiger partial charge in [0.1, 0.15) is 0 Å². The number of thioether (sulfide) groups is 1. The lowest BCUT2D eigenvalue weighted by Crippen LogP contribution is -1.83. The lowest BCUT2D eigenvalue weighted by molar-refractivity contribution is 1.13. The van der Waals surface area contributed by atoms with Gasteiger partial charge in [-0.3, -0.25) is 0 Å². The van der Waals surface area contributed by atoms with E-state index in [2.05, 4.69) is 28.1 Å². The van der Waals surface area contributed by atoms with Crippen molar-refractivity contribution in [2.45, 2.75) is 12.2 Å². The molecule has 0 nitrogen and oxygen atoms in total. The summed E-state index contributed by atoms with van der Waals surface area (Å²) in [7, 11) is 0. The average Bonchev–Trinajstić information content (AvgIpc) is 2.15. The van der Waals surface area contributed by atoms with Gasteiger partial charge in [-0.25, -0.2) is 0 Å². The molecule has 0 aliphatic carbocycles. The van der Waals surface area contributed by atoms with Gasteiger partial charge in [0.2, 0.25) is 0 Å². The number of benzene rings is 1. The summed E-state index contributed by atoms with van der Waals surface area (Å²) < 4.78 is 0. The Hall–Kier alpha value is 0.340. The van der Waals surface area contributed by atoms with Gasteiger partial charge in [-0.15, -0.1) is 0 Å². The third kappa shape index (κ3) is 4.94. The topological polar surface area (TPSA) is 0 Å². The fourth-order valence-electron chi connectivity index (χ4n) is 0.927. The molecule has 0 bridgehead atoms. The molecular weight excluding hydrogens is 268 g/mol. The number of rotatable bonds is 5. The number of hydrogen-bond donors (Lipinski definition) is 0. The SMILES string of the molecule is Clc1ccc(CSCCCBr)cc1. The third-order valence-electron chi connectivity index (χ3n) is 1.60. The number of halogens is 2. The first-order valence-electron chi connectivity index (χ1n) is 4.21. The molecular formula is C10H12BrClS. The second-order valence-electron chi connectivity index (χ2n) is 2.72. The molecule has 0 unspecified atom stereocenters. The fraction of sp³-hybridized carbons (Fsp3) is 0.400. The van der Waals surface area contributed by atoms with Crippen LogP contribution in [0.5, 0.6) is 0 Å². The van der Waals surface area contributed by atoms with Crippen LogP contribution in [-0.4, -0.2) is 11.1 Å². The first-order chi connectivity index (χ1) is 6.33. The van der Waals surface area contributed by atoms with Crippen LogP contribution in [0, 0.1) is 0 Å². The van der Waals surface area contributed by atoms with E-state index in [9.17, 15) is 0 Å². The first kappa shape index (κ1) is 11.4. The van der Waals surface area contributed by atoms with Gasteiger partial charge in [0.05, 0.1) is 0 Å². The third-order valence-corrected chi connectivity index (χ3v) is 3.53. The Kier molecular flexibility index (Phi) is 5.92. The van der Waals surface area contributed by atoms with Crippen molar-refractivity contribution in [2.24, 2.45) is 0 Å². The van der Waals surface area contributed by atoms with E-state index in [-0.39, 0.29) is 0 Å². The molecule has 1 rings (SSSR count). The molecule has 0 saturated heterocycles. The van der Waals surface area contributed by atoms with Gasteiger partial charge in [-0.2, -0.15) is 11.8 Å². The summed E-state index contributed by atoms with van der Waals surface area (Å²) in [4.78, 5) is 0. The van der Waals surface area contributed by atoms with Crippen molar-refractivity contribution in [2.75, 3.05) is 11.1 Å². The van der Waals surface area contributed by atoms with Crippen LogP contribution in [0.2, 0.25) is 5.02 Å². The number of alkyl halides is 1. The van der Waals surface area contributed by atoms with Gasteiger partial charge in [0.15, 0.2) is 0 Å². The zero-order valence-electron chi connectivity index (χ0n) is 7.30. The standard InChI is InChI=1S/C10H12BrClS/c11-6-1-7-13-8-9-2-4-10(12)5-3-9/h2-5H,1,6-8H2. The molecule has 0 aliphatic heterocycles. The highest BCUT2D eigenvalue weighted by atomic mass is 79.9. The predicted octanol–water partition coefficient (Wildman–Crippen LogP) is 4.36. The van der Waals surface area contributed by atoms with Crippen molar-refractivity contribution >= 4 is 39.3 Å². The van der Waals surface area contributed by atoms with Crippen LogP contribution in [0.4, 0.5) is 0 Å². The molecule has 0 aromatic heterocycles. The highest BCUT2D eigenvalue weighted by Crippen LogP contribution is 2.16. The minimum absolute atomic E-state index is 0.814. The minimum atomic E-state index is 0.814. The van der Waals surface area contributed by atoms with Gasteiger partial charge >= 0.3 is 0 Å². The summed E-state index contributed by atoms with van der Waals surface area (Å²) in [6, 6.07) is 8.07. The zero-order chi connectivity index (χ0) is 9.52. The lowest BCUT2D eigenvalue weighted by Gasteiger charge is -2.00. The Bertz CT molecular complexity index is 235. The molecule has 0 saturated carbocycles. The summed E-state index contributed by atoms with van der Waals surface area (Å²) in [6.07, 6.45) is 1.23. The second-order valence-corrected chi connectivity index (χ2v) is 5.06. The Balaban J connectivity index is 2.25. The molecule has 0 N–H and O–H groups in total. The van der Waals surface area contributed by atoms with Gasteiger partial charge in [0.25, 0.3) is 0 Å². The highest BCUT2D eigenvalue weighted by molar-refractivity contribution is 9.09. The lowest BCUT2D eigenvalue weighted by atomic mass is 10.2. The second kappa shape index (κ2) is 6.74. The van der Waals surface area contributed by atoms with Crippen LogP contribution in [-0.2, 0) is 5.75 Å².